The molecular formula is C19H27P. The lowest BCUT2D eigenvalue weighted by molar-refractivity contribution is 0.518. The maximum Gasteiger partial charge on any atom is -0.00276 e. The fourth-order valence-corrected chi connectivity index (χ4v) is 4.73. The van der Waals surface area contributed by atoms with Gasteiger partial charge in [-0.3, -0.25) is 0 Å². The number of allylic oxidation sites excluding steroid dienone is 3. The van der Waals surface area contributed by atoms with Crippen molar-refractivity contribution >= 4 is 13.5 Å². The molecule has 1 heterocycles. The summed E-state index contributed by atoms with van der Waals surface area (Å²) in [7, 11) is -0.110. The lowest BCUT2D eigenvalue weighted by Crippen LogP contribution is -2.18. The summed E-state index contributed by atoms with van der Waals surface area (Å²) in [6.45, 7) is 14.1. The van der Waals surface area contributed by atoms with Crippen molar-refractivity contribution in [2.24, 2.45) is 5.41 Å². The molecule has 20 heavy (non-hydrogen) atoms. The van der Waals surface area contributed by atoms with E-state index in [9.17, 15) is 0 Å². The van der Waals surface area contributed by atoms with Gasteiger partial charge in [-0.05, 0) is 33.4 Å². The van der Waals surface area contributed by atoms with Crippen LogP contribution in [0.3, 0.4) is 0 Å². The molecule has 1 aromatic carbocycles. The standard InChI is InChI=1S/C19H27P/c1-18(2,3)17-12-16(15-10-8-7-9-11-15)13-20(14-17)19(4,5)6/h7-12,14H,13H2,1-6H3. The maximum atomic E-state index is 2.57. The van der Waals surface area contributed by atoms with E-state index in [-0.39, 0.29) is 13.3 Å². The van der Waals surface area contributed by atoms with E-state index in [4.69, 9.17) is 0 Å². The highest BCUT2D eigenvalue weighted by Gasteiger charge is 2.29. The summed E-state index contributed by atoms with van der Waals surface area (Å²) in [5, 5.41) is 0.375. The molecule has 0 saturated carbocycles. The summed E-state index contributed by atoms with van der Waals surface area (Å²) in [5.74, 6) is 2.57. The van der Waals surface area contributed by atoms with Gasteiger partial charge in [-0.15, -0.1) is 0 Å². The lowest BCUT2D eigenvalue weighted by atomic mass is 9.85. The van der Waals surface area contributed by atoms with Crippen molar-refractivity contribution in [3.63, 3.8) is 0 Å². The predicted molar refractivity (Wildman–Crippen MR) is 93.5 cm³/mol. The van der Waals surface area contributed by atoms with Crippen LogP contribution in [-0.4, -0.2) is 11.3 Å². The van der Waals surface area contributed by atoms with Crippen LogP contribution in [0.15, 0.2) is 47.8 Å². The molecule has 1 aliphatic rings. The number of hydrogen-bond acceptors (Lipinski definition) is 0. The Morgan fingerprint density at radius 2 is 1.50 bits per heavy atom. The molecule has 0 N–H and O–H groups in total. The van der Waals surface area contributed by atoms with Gasteiger partial charge in [0.25, 0.3) is 0 Å². The first-order valence-corrected chi connectivity index (χ1v) is 9.02. The maximum absolute atomic E-state index is 2.57. The van der Waals surface area contributed by atoms with Crippen LogP contribution in [0.1, 0.15) is 47.1 Å². The van der Waals surface area contributed by atoms with Gasteiger partial charge in [0.2, 0.25) is 0 Å². The molecule has 0 aromatic heterocycles. The zero-order valence-corrected chi connectivity index (χ0v) is 14.6. The van der Waals surface area contributed by atoms with Crippen molar-refractivity contribution in [2.75, 3.05) is 6.16 Å². The summed E-state index contributed by atoms with van der Waals surface area (Å²) in [5.41, 5.74) is 4.63. The van der Waals surface area contributed by atoms with Crippen LogP contribution in [-0.2, 0) is 0 Å². The second-order valence-electron chi connectivity index (χ2n) is 7.67. The van der Waals surface area contributed by atoms with Crippen LogP contribution in [0.2, 0.25) is 0 Å². The zero-order chi connectivity index (χ0) is 15.0. The fraction of sp³-hybridized carbons (Fsp3) is 0.474. The summed E-state index contributed by atoms with van der Waals surface area (Å²) in [6.07, 6.45) is 3.64. The second kappa shape index (κ2) is 5.49. The summed E-state index contributed by atoms with van der Waals surface area (Å²) in [4.78, 5) is 0. The Morgan fingerprint density at radius 1 is 0.900 bits per heavy atom. The van der Waals surface area contributed by atoms with Crippen LogP contribution in [0.4, 0.5) is 0 Å². The molecule has 0 amide bonds. The smallest absolute Gasteiger partial charge is 0.00276 e. The van der Waals surface area contributed by atoms with Crippen molar-refractivity contribution in [3.8, 4) is 0 Å². The minimum atomic E-state index is -0.110. The molecule has 108 valence electrons. The molecule has 0 fully saturated rings. The van der Waals surface area contributed by atoms with Gasteiger partial charge >= 0.3 is 0 Å². The topological polar surface area (TPSA) is 0 Å². The molecule has 0 spiro atoms. The SMILES string of the molecule is CC(C)(C)C1=CP(C(C)(C)C)CC(c2ccccc2)=C1. The van der Waals surface area contributed by atoms with Crippen LogP contribution >= 0.6 is 7.92 Å². The lowest BCUT2D eigenvalue weighted by Gasteiger charge is -2.36. The Labute approximate surface area is 125 Å². The number of benzene rings is 1. The van der Waals surface area contributed by atoms with E-state index < -0.39 is 0 Å². The first-order valence-electron chi connectivity index (χ1n) is 7.43. The largest absolute Gasteiger partial charge is 0.0729 e. The quantitative estimate of drug-likeness (QED) is 0.532. The van der Waals surface area contributed by atoms with E-state index in [1.807, 2.05) is 0 Å². The molecule has 2 rings (SSSR count). The zero-order valence-electron chi connectivity index (χ0n) is 13.7. The monoisotopic (exact) mass is 286 g/mol. The Kier molecular flexibility index (Phi) is 4.26. The molecule has 1 aromatic rings. The minimum Gasteiger partial charge on any atom is -0.0729 e. The molecule has 0 aliphatic carbocycles. The fourth-order valence-electron chi connectivity index (χ4n) is 2.34. The van der Waals surface area contributed by atoms with Gasteiger partial charge in [-0.1, -0.05) is 91.7 Å². The number of hydrogen-bond donors (Lipinski definition) is 0. The van der Waals surface area contributed by atoms with E-state index in [0.29, 0.717) is 5.16 Å². The van der Waals surface area contributed by atoms with Crippen molar-refractivity contribution in [1.29, 1.82) is 0 Å². The molecule has 1 aliphatic heterocycles. The summed E-state index contributed by atoms with van der Waals surface area (Å²) in [6, 6.07) is 10.9. The van der Waals surface area contributed by atoms with Crippen molar-refractivity contribution in [1.82, 2.24) is 0 Å². The molecule has 1 atom stereocenters. The third-order valence-corrected chi connectivity index (χ3v) is 6.83. The summed E-state index contributed by atoms with van der Waals surface area (Å²) >= 11 is 0. The van der Waals surface area contributed by atoms with E-state index in [1.165, 1.54) is 22.9 Å². The van der Waals surface area contributed by atoms with E-state index in [2.05, 4.69) is 83.8 Å². The Hall–Kier alpha value is -0.870. The Bertz CT molecular complexity index is 521. The average Bonchev–Trinajstić information content (AvgIpc) is 2.37. The van der Waals surface area contributed by atoms with Gasteiger partial charge in [-0.25, -0.2) is 0 Å². The molecule has 1 heteroatoms. The van der Waals surface area contributed by atoms with Gasteiger partial charge < -0.3 is 0 Å². The molecule has 0 radical (unpaired) electrons. The normalized spacial score (nSPS) is 20.4. The van der Waals surface area contributed by atoms with Gasteiger partial charge in [0.15, 0.2) is 0 Å². The van der Waals surface area contributed by atoms with Crippen molar-refractivity contribution in [2.45, 2.75) is 46.7 Å². The van der Waals surface area contributed by atoms with Gasteiger partial charge in [0.05, 0.1) is 0 Å². The highest BCUT2D eigenvalue weighted by atomic mass is 31.1. The number of rotatable bonds is 1. The van der Waals surface area contributed by atoms with Crippen LogP contribution in [0.5, 0.6) is 0 Å². The van der Waals surface area contributed by atoms with Crippen molar-refractivity contribution in [3.05, 3.63) is 53.4 Å². The molecule has 0 nitrogen and oxygen atoms in total. The first-order chi connectivity index (χ1) is 9.18. The molecular weight excluding hydrogens is 259 g/mol. The van der Waals surface area contributed by atoms with Crippen LogP contribution < -0.4 is 0 Å². The van der Waals surface area contributed by atoms with E-state index in [0.717, 1.165) is 0 Å². The first kappa shape index (κ1) is 15.5. The van der Waals surface area contributed by atoms with Crippen LogP contribution in [0, 0.1) is 5.41 Å². The highest BCUT2D eigenvalue weighted by molar-refractivity contribution is 7.63. The Morgan fingerprint density at radius 3 is 2.00 bits per heavy atom. The highest BCUT2D eigenvalue weighted by Crippen LogP contribution is 2.57. The molecule has 1 unspecified atom stereocenters. The Balaban J connectivity index is 2.44. The van der Waals surface area contributed by atoms with Gasteiger partial charge in [-0.2, -0.15) is 0 Å². The van der Waals surface area contributed by atoms with E-state index in [1.54, 1.807) is 0 Å². The average molecular weight is 286 g/mol. The van der Waals surface area contributed by atoms with E-state index >= 15 is 0 Å². The van der Waals surface area contributed by atoms with Crippen molar-refractivity contribution < 1.29 is 0 Å². The predicted octanol–water partition coefficient (Wildman–Crippen LogP) is 6.29. The summed E-state index contributed by atoms with van der Waals surface area (Å²) < 4.78 is 0. The van der Waals surface area contributed by atoms with Gasteiger partial charge in [0, 0.05) is 0 Å². The third-order valence-electron chi connectivity index (χ3n) is 3.84. The second-order valence-corrected chi connectivity index (χ2v) is 10.5. The van der Waals surface area contributed by atoms with Crippen LogP contribution in [0.25, 0.3) is 5.57 Å². The minimum absolute atomic E-state index is 0.110. The molecule has 0 saturated heterocycles. The molecule has 0 bridgehead atoms. The third kappa shape index (κ3) is 3.61. The van der Waals surface area contributed by atoms with Gasteiger partial charge in [0.1, 0.15) is 0 Å².